The molecule has 0 fully saturated rings. The van der Waals surface area contributed by atoms with Crippen LogP contribution in [0.25, 0.3) is 0 Å². The zero-order valence-electron chi connectivity index (χ0n) is 5.58. The van der Waals surface area contributed by atoms with Gasteiger partial charge in [-0.25, -0.2) is 0 Å². The van der Waals surface area contributed by atoms with Crippen molar-refractivity contribution in [1.29, 1.82) is 0 Å². The van der Waals surface area contributed by atoms with Gasteiger partial charge in [-0.05, 0) is 0 Å². The van der Waals surface area contributed by atoms with E-state index in [2.05, 4.69) is 17.9 Å². The van der Waals surface area contributed by atoms with Gasteiger partial charge in [0.25, 0.3) is 0 Å². The number of aliphatic carboxylic acids is 1. The molecule has 4 nitrogen and oxygen atoms in total. The van der Waals surface area contributed by atoms with Gasteiger partial charge in [-0.3, -0.25) is 4.79 Å². The van der Waals surface area contributed by atoms with Crippen LogP contribution in [0.15, 0.2) is 0 Å². The second-order valence-corrected chi connectivity index (χ2v) is 2.18. The zero-order chi connectivity index (χ0) is 7.98. The molecule has 0 aromatic rings. The highest BCUT2D eigenvalue weighted by Crippen LogP contribution is 1.86. The van der Waals surface area contributed by atoms with E-state index in [-0.39, 0.29) is 5.75 Å². The second-order valence-electron chi connectivity index (χ2n) is 1.82. The van der Waals surface area contributed by atoms with Gasteiger partial charge in [0.05, 0.1) is 0 Å². The number of nitrogens with one attached hydrogen (secondary N) is 1. The van der Waals surface area contributed by atoms with E-state index in [1.807, 2.05) is 0 Å². The predicted octanol–water partition coefficient (Wildman–Crippen LogP) is -1.08. The lowest BCUT2D eigenvalue weighted by atomic mass is 10.3. The van der Waals surface area contributed by atoms with Crippen LogP contribution in [0.2, 0.25) is 0 Å². The van der Waals surface area contributed by atoms with Gasteiger partial charge in [0.1, 0.15) is 6.04 Å². The molecular formula is C5H12N2O2S. The van der Waals surface area contributed by atoms with Gasteiger partial charge in [0, 0.05) is 18.8 Å². The maximum atomic E-state index is 10.3. The zero-order valence-corrected chi connectivity index (χ0v) is 6.47. The monoisotopic (exact) mass is 164 g/mol. The number of thiol groups is 1. The number of carboxylic acid groups (broad SMARTS) is 1. The third-order valence-electron chi connectivity index (χ3n) is 1.02. The molecule has 1 atom stereocenters. The van der Waals surface area contributed by atoms with E-state index in [4.69, 9.17) is 10.8 Å². The number of hydrogen-bond acceptors (Lipinski definition) is 4. The molecule has 10 heavy (non-hydrogen) atoms. The number of carbonyl (C=O) groups is 1. The van der Waals surface area contributed by atoms with Crippen LogP contribution in [0.3, 0.4) is 0 Å². The van der Waals surface area contributed by atoms with Crippen LogP contribution in [-0.4, -0.2) is 36.0 Å². The van der Waals surface area contributed by atoms with Crippen molar-refractivity contribution < 1.29 is 9.90 Å². The number of hydrogen-bond donors (Lipinski definition) is 4. The summed E-state index contributed by atoms with van der Waals surface area (Å²) in [4.78, 5) is 10.3. The van der Waals surface area contributed by atoms with Crippen molar-refractivity contribution in [2.24, 2.45) is 5.73 Å². The Bertz CT molecular complexity index is 110. The molecule has 0 saturated heterocycles. The Morgan fingerprint density at radius 3 is 2.70 bits per heavy atom. The van der Waals surface area contributed by atoms with Crippen LogP contribution in [0.4, 0.5) is 0 Å². The van der Waals surface area contributed by atoms with Gasteiger partial charge >= 0.3 is 5.97 Å². The van der Waals surface area contributed by atoms with Crippen LogP contribution in [0.5, 0.6) is 0 Å². The molecule has 0 amide bonds. The van der Waals surface area contributed by atoms with Crippen molar-refractivity contribution in [3.63, 3.8) is 0 Å². The Morgan fingerprint density at radius 2 is 2.40 bits per heavy atom. The summed E-state index contributed by atoms with van der Waals surface area (Å²) < 4.78 is 0. The first kappa shape index (κ1) is 9.74. The van der Waals surface area contributed by atoms with Crippen LogP contribution >= 0.6 is 12.6 Å². The van der Waals surface area contributed by atoms with Crippen molar-refractivity contribution in [2.75, 3.05) is 18.8 Å². The minimum absolute atomic E-state index is 0.287. The fraction of sp³-hybridized carbons (Fsp3) is 0.800. The van der Waals surface area contributed by atoms with Crippen LogP contribution in [-0.2, 0) is 4.79 Å². The molecule has 0 radical (unpaired) electrons. The third-order valence-corrected chi connectivity index (χ3v) is 1.38. The third kappa shape index (κ3) is 3.71. The molecule has 0 aliphatic rings. The van der Waals surface area contributed by atoms with E-state index >= 15 is 0 Å². The first-order chi connectivity index (χ1) is 4.72. The average Bonchev–Trinajstić information content (AvgIpc) is 1.89. The van der Waals surface area contributed by atoms with Crippen molar-refractivity contribution in [3.8, 4) is 0 Å². The average molecular weight is 164 g/mol. The van der Waals surface area contributed by atoms with Gasteiger partial charge < -0.3 is 16.2 Å². The molecule has 0 aliphatic heterocycles. The lowest BCUT2D eigenvalue weighted by molar-refractivity contribution is -0.138. The molecular weight excluding hydrogens is 152 g/mol. The molecule has 0 bridgehead atoms. The highest BCUT2D eigenvalue weighted by Gasteiger charge is 2.12. The molecule has 0 aliphatic carbocycles. The Labute approximate surface area is 65.2 Å². The summed E-state index contributed by atoms with van der Waals surface area (Å²) >= 11 is 3.84. The van der Waals surface area contributed by atoms with E-state index < -0.39 is 12.0 Å². The molecule has 4 N–H and O–H groups in total. The summed E-state index contributed by atoms with van der Waals surface area (Å²) in [5.74, 6) is -0.599. The van der Waals surface area contributed by atoms with E-state index in [0.29, 0.717) is 13.1 Å². The van der Waals surface area contributed by atoms with Crippen molar-refractivity contribution in [1.82, 2.24) is 5.32 Å². The Hall–Kier alpha value is -0.260. The van der Waals surface area contributed by atoms with E-state index in [1.54, 1.807) is 0 Å². The Morgan fingerprint density at radius 1 is 1.80 bits per heavy atom. The molecule has 0 unspecified atom stereocenters. The van der Waals surface area contributed by atoms with Crippen LogP contribution < -0.4 is 11.1 Å². The maximum absolute atomic E-state index is 10.3. The van der Waals surface area contributed by atoms with Gasteiger partial charge in [-0.15, -0.1) is 0 Å². The molecule has 5 heteroatoms. The van der Waals surface area contributed by atoms with Gasteiger partial charge in [0.2, 0.25) is 0 Å². The number of nitrogens with two attached hydrogens (primary N) is 1. The topological polar surface area (TPSA) is 75.3 Å². The van der Waals surface area contributed by atoms with Crippen molar-refractivity contribution in [2.45, 2.75) is 6.04 Å². The summed E-state index contributed by atoms with van der Waals surface area (Å²) in [5, 5.41) is 11.2. The summed E-state index contributed by atoms with van der Waals surface area (Å²) in [7, 11) is 0. The second kappa shape index (κ2) is 5.52. The molecule has 0 spiro atoms. The summed E-state index contributed by atoms with van der Waals surface area (Å²) in [6, 6.07) is -0.577. The minimum atomic E-state index is -0.886. The van der Waals surface area contributed by atoms with Gasteiger partial charge in [0.15, 0.2) is 0 Å². The van der Waals surface area contributed by atoms with E-state index in [0.717, 1.165) is 0 Å². The normalized spacial score (nSPS) is 13.0. The fourth-order valence-corrected chi connectivity index (χ4v) is 0.773. The standard InChI is InChI=1S/C5H12N2O2S/c6-1-2-7-4(3-10)5(8)9/h4,7,10H,1-3,6H2,(H,8,9)/t4-/m1/s1. The van der Waals surface area contributed by atoms with Gasteiger partial charge in [-0.1, -0.05) is 0 Å². The van der Waals surface area contributed by atoms with Crippen LogP contribution in [0.1, 0.15) is 0 Å². The van der Waals surface area contributed by atoms with E-state index in [1.165, 1.54) is 0 Å². The molecule has 0 heterocycles. The quantitative estimate of drug-likeness (QED) is 0.390. The number of carboxylic acids is 1. The van der Waals surface area contributed by atoms with E-state index in [9.17, 15) is 4.79 Å². The summed E-state index contributed by atoms with van der Waals surface area (Å²) in [6.07, 6.45) is 0. The Balaban J connectivity index is 3.50. The molecule has 0 saturated carbocycles. The molecule has 0 aromatic carbocycles. The molecule has 0 aromatic heterocycles. The summed E-state index contributed by atoms with van der Waals surface area (Å²) in [6.45, 7) is 0.953. The highest BCUT2D eigenvalue weighted by atomic mass is 32.1. The molecule has 0 rings (SSSR count). The largest absolute Gasteiger partial charge is 0.480 e. The fourth-order valence-electron chi connectivity index (χ4n) is 0.488. The highest BCUT2D eigenvalue weighted by molar-refractivity contribution is 7.80. The van der Waals surface area contributed by atoms with Gasteiger partial charge in [-0.2, -0.15) is 12.6 Å². The first-order valence-corrected chi connectivity index (χ1v) is 3.62. The summed E-state index contributed by atoms with van der Waals surface area (Å²) in [5.41, 5.74) is 5.15. The predicted molar refractivity (Wildman–Crippen MR) is 42.3 cm³/mol. The van der Waals surface area contributed by atoms with Crippen LogP contribution in [0, 0.1) is 0 Å². The lowest BCUT2D eigenvalue weighted by Gasteiger charge is -2.09. The number of rotatable bonds is 5. The van der Waals surface area contributed by atoms with Crippen molar-refractivity contribution >= 4 is 18.6 Å². The Kier molecular flexibility index (Phi) is 5.38. The first-order valence-electron chi connectivity index (χ1n) is 2.99. The maximum Gasteiger partial charge on any atom is 0.321 e. The molecule has 60 valence electrons. The lowest BCUT2D eigenvalue weighted by Crippen LogP contribution is -2.40. The smallest absolute Gasteiger partial charge is 0.321 e. The van der Waals surface area contributed by atoms with Crippen molar-refractivity contribution in [3.05, 3.63) is 0 Å². The SMILES string of the molecule is NCCN[C@H](CS)C(=O)O. The minimum Gasteiger partial charge on any atom is -0.480 e.